The monoisotopic (exact) mass is 318 g/mol. The first-order chi connectivity index (χ1) is 7.54. The average molecular weight is 319 g/mol. The summed E-state index contributed by atoms with van der Waals surface area (Å²) in [6.45, 7) is 5.86. The molecule has 2 aromatic heterocycles. The van der Waals surface area contributed by atoms with Crippen molar-refractivity contribution in [2.75, 3.05) is 5.75 Å². The molecule has 0 fully saturated rings. The van der Waals surface area contributed by atoms with Crippen LogP contribution in [0, 0.1) is 13.8 Å². The number of rotatable bonds is 2. The van der Waals surface area contributed by atoms with E-state index >= 15 is 0 Å². The van der Waals surface area contributed by atoms with E-state index in [2.05, 4.69) is 25.9 Å². The highest BCUT2D eigenvalue weighted by Gasteiger charge is 2.14. The summed E-state index contributed by atoms with van der Waals surface area (Å²) >= 11 is 4.98. The lowest BCUT2D eigenvalue weighted by Gasteiger charge is -2.01. The number of fused-ring (bicyclic) bond motifs is 1. The van der Waals surface area contributed by atoms with Gasteiger partial charge in [0, 0.05) is 10.2 Å². The summed E-state index contributed by atoms with van der Waals surface area (Å²) in [4.78, 5) is 8.72. The van der Waals surface area contributed by atoms with Gasteiger partial charge in [-0.3, -0.25) is 4.21 Å². The lowest BCUT2D eigenvalue weighted by atomic mass is 10.2. The third kappa shape index (κ3) is 1.94. The minimum absolute atomic E-state index is 0.596. The molecule has 0 aliphatic rings. The van der Waals surface area contributed by atoms with Crippen LogP contribution < -0.4 is 0 Å². The maximum Gasteiger partial charge on any atom is 0.183 e. The Labute approximate surface area is 109 Å². The predicted molar refractivity (Wildman–Crippen MR) is 71.5 cm³/mol. The van der Waals surface area contributed by atoms with Crippen LogP contribution in [0.1, 0.15) is 18.2 Å². The fraction of sp³-hybridized carbons (Fsp3) is 0.400. The lowest BCUT2D eigenvalue weighted by Crippen LogP contribution is -1.92. The lowest BCUT2D eigenvalue weighted by molar-refractivity contribution is 0.683. The SMILES string of the molecule is CCS(=O)c1nc2nc(C)c(Br)c(C)c2s1. The molecule has 0 saturated heterocycles. The molecule has 0 amide bonds. The fourth-order valence-corrected chi connectivity index (χ4v) is 3.99. The number of nitrogens with zero attached hydrogens (tertiary/aromatic N) is 2. The summed E-state index contributed by atoms with van der Waals surface area (Å²) in [6.07, 6.45) is 0. The molecule has 0 aromatic carbocycles. The molecule has 0 bridgehead atoms. The molecule has 2 rings (SSSR count). The zero-order valence-electron chi connectivity index (χ0n) is 9.20. The molecule has 1 atom stereocenters. The Morgan fingerprint density at radius 3 is 2.69 bits per heavy atom. The predicted octanol–water partition coefficient (Wildman–Crippen LogP) is 3.20. The van der Waals surface area contributed by atoms with Crippen LogP contribution in [0.4, 0.5) is 0 Å². The third-order valence-corrected chi connectivity index (χ3v) is 6.25. The second kappa shape index (κ2) is 4.50. The van der Waals surface area contributed by atoms with Gasteiger partial charge in [0.1, 0.15) is 0 Å². The quantitative estimate of drug-likeness (QED) is 0.854. The molecule has 3 nitrogen and oxygen atoms in total. The van der Waals surface area contributed by atoms with E-state index in [0.29, 0.717) is 15.7 Å². The third-order valence-electron chi connectivity index (χ3n) is 2.31. The normalized spacial score (nSPS) is 13.2. The maximum absolute atomic E-state index is 11.7. The van der Waals surface area contributed by atoms with Crippen molar-refractivity contribution in [1.29, 1.82) is 0 Å². The molecule has 0 N–H and O–H groups in total. The Kier molecular flexibility index (Phi) is 3.42. The average Bonchev–Trinajstić information content (AvgIpc) is 2.69. The van der Waals surface area contributed by atoms with Crippen molar-refractivity contribution in [3.05, 3.63) is 15.7 Å². The van der Waals surface area contributed by atoms with Crippen LogP contribution in [0.3, 0.4) is 0 Å². The number of pyridine rings is 1. The van der Waals surface area contributed by atoms with Gasteiger partial charge in [-0.1, -0.05) is 6.92 Å². The Balaban J connectivity index is 2.71. The summed E-state index contributed by atoms with van der Waals surface area (Å²) < 4.78 is 14.4. The Morgan fingerprint density at radius 1 is 1.38 bits per heavy atom. The van der Waals surface area contributed by atoms with Gasteiger partial charge in [-0.15, -0.1) is 11.3 Å². The molecule has 16 heavy (non-hydrogen) atoms. The van der Waals surface area contributed by atoms with Crippen molar-refractivity contribution in [3.8, 4) is 0 Å². The second-order valence-electron chi connectivity index (χ2n) is 3.40. The number of thiazole rings is 1. The molecule has 0 aliphatic carbocycles. The molecule has 6 heteroatoms. The van der Waals surface area contributed by atoms with Crippen molar-refractivity contribution < 1.29 is 4.21 Å². The van der Waals surface area contributed by atoms with Crippen LogP contribution in [-0.4, -0.2) is 19.9 Å². The molecule has 0 aliphatic heterocycles. The van der Waals surface area contributed by atoms with Crippen LogP contribution in [0.2, 0.25) is 0 Å². The highest BCUT2D eigenvalue weighted by Crippen LogP contribution is 2.32. The van der Waals surface area contributed by atoms with Gasteiger partial charge in [0.15, 0.2) is 9.99 Å². The molecule has 0 spiro atoms. The van der Waals surface area contributed by atoms with Gasteiger partial charge in [-0.25, -0.2) is 9.97 Å². The molecule has 2 heterocycles. The molecule has 2 aromatic rings. The van der Waals surface area contributed by atoms with Crippen LogP contribution in [0.25, 0.3) is 10.3 Å². The van der Waals surface area contributed by atoms with Crippen molar-refractivity contribution >= 4 is 48.4 Å². The summed E-state index contributed by atoms with van der Waals surface area (Å²) in [7, 11) is -0.992. The molecule has 0 radical (unpaired) electrons. The first-order valence-corrected chi connectivity index (χ1v) is 7.79. The zero-order valence-corrected chi connectivity index (χ0v) is 12.4. The Hall–Kier alpha value is -0.330. The summed E-state index contributed by atoms with van der Waals surface area (Å²) in [5.41, 5.74) is 2.75. The van der Waals surface area contributed by atoms with Gasteiger partial charge in [0.25, 0.3) is 0 Å². The van der Waals surface area contributed by atoms with Gasteiger partial charge in [0.05, 0.1) is 21.2 Å². The maximum atomic E-state index is 11.7. The number of aromatic nitrogens is 2. The number of hydrogen-bond acceptors (Lipinski definition) is 4. The molecule has 86 valence electrons. The number of hydrogen-bond donors (Lipinski definition) is 0. The van der Waals surface area contributed by atoms with E-state index in [1.165, 1.54) is 11.3 Å². The van der Waals surface area contributed by atoms with E-state index < -0.39 is 10.8 Å². The van der Waals surface area contributed by atoms with E-state index in [-0.39, 0.29) is 0 Å². The summed E-state index contributed by atoms with van der Waals surface area (Å²) in [5.74, 6) is 0.596. The van der Waals surface area contributed by atoms with Gasteiger partial charge in [0.2, 0.25) is 0 Å². The van der Waals surface area contributed by atoms with Gasteiger partial charge >= 0.3 is 0 Å². The molecular formula is C10H11BrN2OS2. The smallest absolute Gasteiger partial charge is 0.183 e. The molecular weight excluding hydrogens is 308 g/mol. The topological polar surface area (TPSA) is 42.9 Å². The minimum Gasteiger partial charge on any atom is -0.252 e. The summed E-state index contributed by atoms with van der Waals surface area (Å²) in [5, 5.41) is 0. The minimum atomic E-state index is -0.992. The zero-order chi connectivity index (χ0) is 11.9. The van der Waals surface area contributed by atoms with Crippen molar-refractivity contribution in [2.45, 2.75) is 25.1 Å². The standard InChI is InChI=1S/C10H11BrN2OS2/c1-4-16(14)10-13-9-8(15-10)5(2)7(11)6(3)12-9/h4H2,1-3H3. The first kappa shape index (κ1) is 12.1. The van der Waals surface area contributed by atoms with E-state index in [4.69, 9.17) is 0 Å². The largest absolute Gasteiger partial charge is 0.252 e. The highest BCUT2D eigenvalue weighted by atomic mass is 79.9. The van der Waals surface area contributed by atoms with Crippen LogP contribution in [0.15, 0.2) is 8.81 Å². The van der Waals surface area contributed by atoms with Crippen molar-refractivity contribution in [1.82, 2.24) is 9.97 Å². The van der Waals surface area contributed by atoms with Gasteiger partial charge in [-0.05, 0) is 35.3 Å². The first-order valence-electron chi connectivity index (χ1n) is 4.86. The van der Waals surface area contributed by atoms with Crippen molar-refractivity contribution in [2.24, 2.45) is 0 Å². The van der Waals surface area contributed by atoms with E-state index in [1.54, 1.807) is 0 Å². The number of aryl methyl sites for hydroxylation is 2. The van der Waals surface area contributed by atoms with E-state index in [1.807, 2.05) is 20.8 Å². The molecule has 0 saturated carbocycles. The fourth-order valence-electron chi connectivity index (χ4n) is 1.41. The van der Waals surface area contributed by atoms with Gasteiger partial charge < -0.3 is 0 Å². The highest BCUT2D eigenvalue weighted by molar-refractivity contribution is 9.10. The molecule has 1 unspecified atom stereocenters. The van der Waals surface area contributed by atoms with E-state index in [9.17, 15) is 4.21 Å². The van der Waals surface area contributed by atoms with Crippen LogP contribution >= 0.6 is 27.3 Å². The second-order valence-corrected chi connectivity index (χ2v) is 7.11. The number of halogens is 1. The van der Waals surface area contributed by atoms with Gasteiger partial charge in [-0.2, -0.15) is 0 Å². The van der Waals surface area contributed by atoms with E-state index in [0.717, 1.165) is 20.4 Å². The Bertz CT molecular complexity index is 580. The Morgan fingerprint density at radius 2 is 2.06 bits per heavy atom. The summed E-state index contributed by atoms with van der Waals surface area (Å²) in [6, 6.07) is 0. The van der Waals surface area contributed by atoms with Crippen LogP contribution in [-0.2, 0) is 10.8 Å². The van der Waals surface area contributed by atoms with Crippen LogP contribution in [0.5, 0.6) is 0 Å². The van der Waals surface area contributed by atoms with Crippen molar-refractivity contribution in [3.63, 3.8) is 0 Å².